The van der Waals surface area contributed by atoms with Gasteiger partial charge in [0.15, 0.2) is 11.5 Å². The second-order valence-corrected chi connectivity index (χ2v) is 6.59. The predicted molar refractivity (Wildman–Crippen MR) is 84.8 cm³/mol. The molecule has 0 fully saturated rings. The lowest BCUT2D eigenvalue weighted by atomic mass is 10.2. The summed E-state index contributed by atoms with van der Waals surface area (Å²) in [5.41, 5.74) is 1.05. The van der Waals surface area contributed by atoms with Gasteiger partial charge in [-0.2, -0.15) is 0 Å². The Bertz CT molecular complexity index is 662. The molecule has 0 spiro atoms. The van der Waals surface area contributed by atoms with E-state index in [1.54, 1.807) is 16.4 Å². The zero-order valence-corrected chi connectivity index (χ0v) is 14.0. The van der Waals surface area contributed by atoms with Gasteiger partial charge in [0, 0.05) is 12.2 Å². The molecule has 1 aromatic carbocycles. The van der Waals surface area contributed by atoms with E-state index in [4.69, 9.17) is 21.1 Å². The molecule has 3 rings (SSSR count). The fraction of sp³-hybridized carbons (Fsp3) is 0.500. The maximum Gasteiger partial charge on any atom is 0.209 e. The zero-order chi connectivity index (χ0) is 15.5. The third-order valence-electron chi connectivity index (χ3n) is 3.18. The summed E-state index contributed by atoms with van der Waals surface area (Å²) in [7, 11) is 0. The van der Waals surface area contributed by atoms with Crippen molar-refractivity contribution in [3.05, 3.63) is 22.7 Å². The van der Waals surface area contributed by atoms with Crippen LogP contribution in [-0.4, -0.2) is 33.4 Å². The third kappa shape index (κ3) is 3.30. The van der Waals surface area contributed by atoms with Gasteiger partial charge in [-0.3, -0.25) is 0 Å². The Hall–Kier alpha value is -1.47. The van der Waals surface area contributed by atoms with Crippen LogP contribution in [0.4, 0.5) is 0 Å². The first-order chi connectivity index (χ1) is 10.6. The number of nitrogens with zero attached hydrogens (tertiary/aromatic N) is 4. The lowest BCUT2D eigenvalue weighted by Crippen LogP contribution is -2.04. The minimum absolute atomic E-state index is 0.227. The Labute approximate surface area is 138 Å². The number of thioether (sulfide) groups is 1. The number of benzene rings is 1. The van der Waals surface area contributed by atoms with E-state index in [-0.39, 0.29) is 6.04 Å². The summed E-state index contributed by atoms with van der Waals surface area (Å²) >= 11 is 7.87. The van der Waals surface area contributed by atoms with E-state index in [1.165, 1.54) is 0 Å². The largest absolute Gasteiger partial charge is 0.489 e. The van der Waals surface area contributed by atoms with Gasteiger partial charge in [0.25, 0.3) is 0 Å². The van der Waals surface area contributed by atoms with E-state index in [2.05, 4.69) is 15.5 Å². The van der Waals surface area contributed by atoms with Gasteiger partial charge in [0.05, 0.1) is 24.3 Å². The summed E-state index contributed by atoms with van der Waals surface area (Å²) in [5, 5.41) is 13.1. The Morgan fingerprint density at radius 3 is 2.95 bits per heavy atom. The molecule has 0 radical (unpaired) electrons. The summed E-state index contributed by atoms with van der Waals surface area (Å²) in [6.45, 7) is 5.37. The van der Waals surface area contributed by atoms with E-state index in [0.29, 0.717) is 35.5 Å². The minimum atomic E-state index is 0.227. The van der Waals surface area contributed by atoms with Crippen molar-refractivity contribution in [1.29, 1.82) is 0 Å². The maximum atomic E-state index is 6.30. The average Bonchev–Trinajstić information content (AvgIpc) is 2.83. The summed E-state index contributed by atoms with van der Waals surface area (Å²) in [6.07, 6.45) is 0.859. The van der Waals surface area contributed by atoms with Crippen LogP contribution in [0.15, 0.2) is 17.3 Å². The first kappa shape index (κ1) is 15.4. The van der Waals surface area contributed by atoms with E-state index < -0.39 is 0 Å². The maximum absolute atomic E-state index is 6.30. The topological polar surface area (TPSA) is 62.1 Å². The van der Waals surface area contributed by atoms with Crippen molar-refractivity contribution in [2.45, 2.75) is 37.2 Å². The lowest BCUT2D eigenvalue weighted by Gasteiger charge is -2.11. The van der Waals surface area contributed by atoms with E-state index in [1.807, 2.05) is 26.0 Å². The van der Waals surface area contributed by atoms with Gasteiger partial charge >= 0.3 is 0 Å². The Balaban J connectivity index is 1.77. The van der Waals surface area contributed by atoms with Gasteiger partial charge in [0.2, 0.25) is 5.16 Å². The number of ether oxygens (including phenoxy) is 2. The standard InChI is InChI=1S/C14H17ClN4O2S/c1-9(2)19-14(16-17-18-19)22-8-10-6-11(15)13-12(7-10)20-4-3-5-21-13/h6-7,9H,3-5,8H2,1-2H3. The molecule has 8 heteroatoms. The molecule has 0 aliphatic carbocycles. The molecule has 6 nitrogen and oxygen atoms in total. The molecule has 2 aromatic rings. The number of aromatic nitrogens is 4. The van der Waals surface area contributed by atoms with Crippen LogP contribution in [0.25, 0.3) is 0 Å². The molecule has 0 saturated heterocycles. The molecule has 1 aliphatic rings. The van der Waals surface area contributed by atoms with Gasteiger partial charge in [0.1, 0.15) is 0 Å². The fourth-order valence-corrected chi connectivity index (χ4v) is 3.34. The molecular formula is C14H17ClN4O2S. The smallest absolute Gasteiger partial charge is 0.209 e. The predicted octanol–water partition coefficient (Wildman–Crippen LogP) is 3.36. The fourth-order valence-electron chi connectivity index (χ4n) is 2.12. The van der Waals surface area contributed by atoms with Crippen molar-refractivity contribution in [2.24, 2.45) is 0 Å². The number of fused-ring (bicyclic) bond motifs is 1. The number of halogens is 1. The Kier molecular flexibility index (Phi) is 4.73. The first-order valence-corrected chi connectivity index (χ1v) is 8.50. The van der Waals surface area contributed by atoms with Crippen LogP contribution >= 0.6 is 23.4 Å². The van der Waals surface area contributed by atoms with Crippen LogP contribution in [0.2, 0.25) is 5.02 Å². The molecule has 1 aliphatic heterocycles. The summed E-state index contributed by atoms with van der Waals surface area (Å²) in [6, 6.07) is 4.11. The van der Waals surface area contributed by atoms with Crippen LogP contribution in [0.5, 0.6) is 11.5 Å². The molecule has 0 amide bonds. The van der Waals surface area contributed by atoms with Gasteiger partial charge in [-0.05, 0) is 42.0 Å². The van der Waals surface area contributed by atoms with Crippen molar-refractivity contribution >= 4 is 23.4 Å². The van der Waals surface area contributed by atoms with E-state index in [9.17, 15) is 0 Å². The van der Waals surface area contributed by atoms with Gasteiger partial charge in [-0.1, -0.05) is 23.4 Å². The van der Waals surface area contributed by atoms with Gasteiger partial charge in [-0.15, -0.1) is 5.10 Å². The van der Waals surface area contributed by atoms with Crippen LogP contribution in [0.1, 0.15) is 31.9 Å². The van der Waals surface area contributed by atoms with E-state index in [0.717, 1.165) is 17.1 Å². The summed E-state index contributed by atoms with van der Waals surface area (Å²) in [5.74, 6) is 2.06. The number of tetrazole rings is 1. The molecule has 2 heterocycles. The summed E-state index contributed by atoms with van der Waals surface area (Å²) < 4.78 is 13.1. The van der Waals surface area contributed by atoms with E-state index >= 15 is 0 Å². The highest BCUT2D eigenvalue weighted by atomic mass is 35.5. The highest BCUT2D eigenvalue weighted by Crippen LogP contribution is 2.39. The SMILES string of the molecule is CC(C)n1nnnc1SCc1cc(Cl)c2c(c1)OCCCO2. The molecule has 0 unspecified atom stereocenters. The van der Waals surface area contributed by atoms with Gasteiger partial charge in [-0.25, -0.2) is 4.68 Å². The zero-order valence-electron chi connectivity index (χ0n) is 12.5. The van der Waals surface area contributed by atoms with Crippen LogP contribution < -0.4 is 9.47 Å². The van der Waals surface area contributed by atoms with Crippen molar-refractivity contribution in [1.82, 2.24) is 20.2 Å². The highest BCUT2D eigenvalue weighted by molar-refractivity contribution is 7.98. The van der Waals surface area contributed by atoms with Gasteiger partial charge < -0.3 is 9.47 Å². The third-order valence-corrected chi connectivity index (χ3v) is 4.47. The number of hydrogen-bond acceptors (Lipinski definition) is 6. The Morgan fingerprint density at radius 1 is 1.32 bits per heavy atom. The lowest BCUT2D eigenvalue weighted by molar-refractivity contribution is 0.297. The second kappa shape index (κ2) is 6.75. The molecular weight excluding hydrogens is 324 g/mol. The molecule has 118 valence electrons. The van der Waals surface area contributed by atoms with Crippen molar-refractivity contribution in [3.63, 3.8) is 0 Å². The minimum Gasteiger partial charge on any atom is -0.489 e. The highest BCUT2D eigenvalue weighted by Gasteiger charge is 2.16. The molecule has 0 N–H and O–H groups in total. The van der Waals surface area contributed by atoms with Crippen molar-refractivity contribution < 1.29 is 9.47 Å². The second-order valence-electron chi connectivity index (χ2n) is 5.24. The molecule has 0 saturated carbocycles. The Morgan fingerprint density at radius 2 is 2.14 bits per heavy atom. The van der Waals surface area contributed by atoms with Crippen LogP contribution in [0.3, 0.4) is 0 Å². The van der Waals surface area contributed by atoms with Crippen LogP contribution in [-0.2, 0) is 5.75 Å². The summed E-state index contributed by atoms with van der Waals surface area (Å²) in [4.78, 5) is 0. The molecule has 0 atom stereocenters. The number of rotatable bonds is 4. The van der Waals surface area contributed by atoms with Crippen molar-refractivity contribution in [2.75, 3.05) is 13.2 Å². The quantitative estimate of drug-likeness (QED) is 0.795. The normalized spacial score (nSPS) is 14.2. The molecule has 22 heavy (non-hydrogen) atoms. The molecule has 0 bridgehead atoms. The van der Waals surface area contributed by atoms with Crippen molar-refractivity contribution in [3.8, 4) is 11.5 Å². The van der Waals surface area contributed by atoms with Crippen LogP contribution in [0, 0.1) is 0 Å². The molecule has 1 aromatic heterocycles. The number of hydrogen-bond donors (Lipinski definition) is 0. The monoisotopic (exact) mass is 340 g/mol. The average molecular weight is 341 g/mol. The first-order valence-electron chi connectivity index (χ1n) is 7.14.